The van der Waals surface area contributed by atoms with E-state index < -0.39 is 0 Å². The third kappa shape index (κ3) is 14900. The van der Waals surface area contributed by atoms with Crippen LogP contribution in [-0.4, -0.2) is 60.6 Å². The maximum absolute atomic E-state index is 7.57. The van der Waals surface area contributed by atoms with Crippen molar-refractivity contribution >= 4 is 0 Å². The molecule has 0 saturated heterocycles. The van der Waals surface area contributed by atoms with Crippen molar-refractivity contribution in [1.82, 2.24) is 0 Å². The van der Waals surface area contributed by atoms with Crippen molar-refractivity contribution in [2.45, 2.75) is 6.92 Å². The Hall–Kier alpha value is -0.200. The summed E-state index contributed by atoms with van der Waals surface area (Å²) >= 11 is 0. The zero-order valence-electron chi connectivity index (χ0n) is 7.94. The third-order valence-corrected chi connectivity index (χ3v) is 0. The lowest BCUT2D eigenvalue weighted by Crippen LogP contribution is -1.57. The van der Waals surface area contributed by atoms with Crippen LogP contribution in [0, 0.1) is 0 Å². The van der Waals surface area contributed by atoms with Gasteiger partial charge in [-0.05, 0) is 6.92 Å². The average Bonchev–Trinajstić information content (AvgIpc) is 2.18. The van der Waals surface area contributed by atoms with E-state index in [1.807, 2.05) is 0 Å². The average molecular weight is 174 g/mol. The molecule has 0 aliphatic carbocycles. The normalized spacial score (nSPS) is 3.82. The molecular formula is C6H22O5. The summed E-state index contributed by atoms with van der Waals surface area (Å²) < 4.78 is 0. The standard InChI is InChI=1S/C2H6O.4CH4O/c1-2-3;4*1-2/h3H,2H2,1H3;4*2H,1H3. The van der Waals surface area contributed by atoms with Gasteiger partial charge >= 0.3 is 0 Å². The van der Waals surface area contributed by atoms with Crippen molar-refractivity contribution in [3.05, 3.63) is 0 Å². The molecule has 5 nitrogen and oxygen atoms in total. The Bertz CT molecular complexity index is 10.9. The van der Waals surface area contributed by atoms with Crippen molar-refractivity contribution in [2.75, 3.05) is 35.0 Å². The summed E-state index contributed by atoms with van der Waals surface area (Å²) in [7, 11) is 4.00. The predicted octanol–water partition coefficient (Wildman–Crippen LogP) is -1.57. The molecule has 5 N–H and O–H groups in total. The van der Waals surface area contributed by atoms with Gasteiger partial charge in [0, 0.05) is 35.0 Å². The Morgan fingerprint density at radius 1 is 0.636 bits per heavy atom. The second-order valence-corrected chi connectivity index (χ2v) is 0.316. The molecule has 0 spiro atoms. The molecule has 0 aromatic carbocycles. The summed E-state index contributed by atoms with van der Waals surface area (Å²) in [4.78, 5) is 0. The Kier molecular flexibility index (Phi) is 3320. The number of hydrogen-bond donors (Lipinski definition) is 5. The monoisotopic (exact) mass is 174 g/mol. The van der Waals surface area contributed by atoms with E-state index in [2.05, 4.69) is 0 Å². The van der Waals surface area contributed by atoms with Gasteiger partial charge in [-0.1, -0.05) is 0 Å². The van der Waals surface area contributed by atoms with Crippen molar-refractivity contribution < 1.29 is 25.5 Å². The van der Waals surface area contributed by atoms with Gasteiger partial charge in [-0.2, -0.15) is 0 Å². The zero-order valence-corrected chi connectivity index (χ0v) is 7.94. The molecule has 0 amide bonds. The molecule has 0 radical (unpaired) electrons. The molecule has 0 rings (SSSR count). The van der Waals surface area contributed by atoms with E-state index in [0.717, 1.165) is 28.4 Å². The van der Waals surface area contributed by atoms with Gasteiger partial charge in [0.15, 0.2) is 0 Å². The first-order chi connectivity index (χ1) is 5.41. The van der Waals surface area contributed by atoms with Crippen LogP contribution in [0.5, 0.6) is 0 Å². The summed E-state index contributed by atoms with van der Waals surface area (Å²) in [5, 5.41) is 35.6. The Balaban J connectivity index is -0.0000000139. The van der Waals surface area contributed by atoms with Crippen LogP contribution < -0.4 is 0 Å². The van der Waals surface area contributed by atoms with Crippen molar-refractivity contribution in [2.24, 2.45) is 0 Å². The summed E-state index contributed by atoms with van der Waals surface area (Å²) in [6.45, 7) is 1.93. The van der Waals surface area contributed by atoms with E-state index in [4.69, 9.17) is 25.5 Å². The van der Waals surface area contributed by atoms with E-state index in [0.29, 0.717) is 0 Å². The van der Waals surface area contributed by atoms with Gasteiger partial charge in [-0.25, -0.2) is 0 Å². The minimum atomic E-state index is 0.250. The number of aliphatic hydroxyl groups is 5. The Labute approximate surface area is 68.6 Å². The molecule has 11 heavy (non-hydrogen) atoms. The van der Waals surface area contributed by atoms with Crippen molar-refractivity contribution in [1.29, 1.82) is 0 Å². The van der Waals surface area contributed by atoms with Crippen molar-refractivity contribution in [3.8, 4) is 0 Å². The van der Waals surface area contributed by atoms with Crippen LogP contribution in [0.2, 0.25) is 0 Å². The second kappa shape index (κ2) is 1190. The van der Waals surface area contributed by atoms with E-state index in [9.17, 15) is 0 Å². The molecule has 0 aromatic heterocycles. The molecule has 76 valence electrons. The number of rotatable bonds is 0. The molecular weight excluding hydrogens is 152 g/mol. The van der Waals surface area contributed by atoms with Gasteiger partial charge in [0.05, 0.1) is 0 Å². The fraction of sp³-hybridized carbons (Fsp3) is 1.00. The van der Waals surface area contributed by atoms with Crippen LogP contribution in [0.1, 0.15) is 6.92 Å². The fourth-order valence-electron chi connectivity index (χ4n) is 0. The number of hydrogen-bond acceptors (Lipinski definition) is 5. The Morgan fingerprint density at radius 2 is 0.636 bits per heavy atom. The topological polar surface area (TPSA) is 101 Å². The summed E-state index contributed by atoms with van der Waals surface area (Å²) in [5.74, 6) is 0. The van der Waals surface area contributed by atoms with E-state index in [-0.39, 0.29) is 6.61 Å². The first-order valence-electron chi connectivity index (χ1n) is 2.81. The maximum atomic E-state index is 7.57. The highest BCUT2D eigenvalue weighted by atomic mass is 16.2. The largest absolute Gasteiger partial charge is 0.400 e. The lowest BCUT2D eigenvalue weighted by atomic mass is 10.9. The van der Waals surface area contributed by atoms with Gasteiger partial charge in [0.1, 0.15) is 0 Å². The van der Waals surface area contributed by atoms with Crippen LogP contribution in [0.15, 0.2) is 0 Å². The van der Waals surface area contributed by atoms with Gasteiger partial charge in [-0.3, -0.25) is 0 Å². The second-order valence-electron chi connectivity index (χ2n) is 0.316. The molecule has 0 bridgehead atoms. The lowest BCUT2D eigenvalue weighted by molar-refractivity contribution is 0.318. The van der Waals surface area contributed by atoms with Gasteiger partial charge < -0.3 is 25.5 Å². The van der Waals surface area contributed by atoms with Gasteiger partial charge in [0.2, 0.25) is 0 Å². The first kappa shape index (κ1) is 30.8. The summed E-state index contributed by atoms with van der Waals surface area (Å²) in [6.07, 6.45) is 0. The van der Waals surface area contributed by atoms with E-state index in [1.54, 1.807) is 6.92 Å². The highest BCUT2D eigenvalue weighted by Gasteiger charge is 1.34. The fourth-order valence-corrected chi connectivity index (χ4v) is 0. The van der Waals surface area contributed by atoms with Crippen LogP contribution in [0.3, 0.4) is 0 Å². The van der Waals surface area contributed by atoms with E-state index in [1.165, 1.54) is 0 Å². The Morgan fingerprint density at radius 3 is 0.636 bits per heavy atom. The summed E-state index contributed by atoms with van der Waals surface area (Å²) in [5.41, 5.74) is 0. The molecule has 0 heterocycles. The maximum Gasteiger partial charge on any atom is 0.0402 e. The van der Waals surface area contributed by atoms with Crippen LogP contribution in [0.4, 0.5) is 0 Å². The first-order valence-corrected chi connectivity index (χ1v) is 2.81. The molecule has 0 aliphatic heterocycles. The molecule has 0 fully saturated rings. The van der Waals surface area contributed by atoms with Crippen molar-refractivity contribution in [3.63, 3.8) is 0 Å². The highest BCUT2D eigenvalue weighted by Crippen LogP contribution is 1.30. The predicted molar refractivity (Wildman–Crippen MR) is 45.3 cm³/mol. The molecule has 0 aliphatic rings. The lowest BCUT2D eigenvalue weighted by Gasteiger charge is -1.52. The van der Waals surface area contributed by atoms with Crippen LogP contribution in [-0.2, 0) is 0 Å². The zero-order chi connectivity index (χ0) is 10.7. The molecule has 0 aromatic rings. The molecule has 0 unspecified atom stereocenters. The minimum Gasteiger partial charge on any atom is -0.400 e. The van der Waals surface area contributed by atoms with E-state index >= 15 is 0 Å². The SMILES string of the molecule is CCO.CO.CO.CO.CO. The number of aliphatic hydroxyl groups excluding tert-OH is 5. The van der Waals surface area contributed by atoms with Crippen LogP contribution in [0.25, 0.3) is 0 Å². The smallest absolute Gasteiger partial charge is 0.0402 e. The minimum absolute atomic E-state index is 0.250. The van der Waals surface area contributed by atoms with Gasteiger partial charge in [0.25, 0.3) is 0 Å². The molecule has 0 atom stereocenters. The summed E-state index contributed by atoms with van der Waals surface area (Å²) in [6, 6.07) is 0. The van der Waals surface area contributed by atoms with Gasteiger partial charge in [-0.15, -0.1) is 0 Å². The van der Waals surface area contributed by atoms with Crippen LogP contribution >= 0.6 is 0 Å². The molecule has 5 heteroatoms. The highest BCUT2D eigenvalue weighted by molar-refractivity contribution is 3.84. The third-order valence-electron chi connectivity index (χ3n) is 0. The molecule has 0 saturated carbocycles. The quantitative estimate of drug-likeness (QED) is 0.305.